The topological polar surface area (TPSA) is 78.4 Å². The number of hydrogen-bond acceptors (Lipinski definition) is 2. The fourth-order valence-corrected chi connectivity index (χ4v) is 0.630. The highest BCUT2D eigenvalue weighted by molar-refractivity contribution is 5.79. The predicted octanol–water partition coefficient (Wildman–Crippen LogP) is 0.416. The van der Waals surface area contributed by atoms with E-state index >= 15 is 0 Å². The molecule has 0 radical (unpaired) electrons. The first-order valence-electron chi connectivity index (χ1n) is 4.29. The van der Waals surface area contributed by atoms with Gasteiger partial charge in [0, 0.05) is 6.54 Å². The van der Waals surface area contributed by atoms with E-state index in [2.05, 4.69) is 10.6 Å². The molecule has 3 N–H and O–H groups in total. The van der Waals surface area contributed by atoms with Crippen LogP contribution in [-0.2, 0) is 4.79 Å². The van der Waals surface area contributed by atoms with Crippen molar-refractivity contribution in [1.82, 2.24) is 10.6 Å². The summed E-state index contributed by atoms with van der Waals surface area (Å²) >= 11 is 0. The summed E-state index contributed by atoms with van der Waals surface area (Å²) in [6.07, 6.45) is 0.985. The van der Waals surface area contributed by atoms with Gasteiger partial charge in [-0.05, 0) is 5.92 Å². The Kier molecular flexibility index (Phi) is 5.67. The molecule has 0 heterocycles. The van der Waals surface area contributed by atoms with Gasteiger partial charge in [-0.1, -0.05) is 20.3 Å². The van der Waals surface area contributed by atoms with E-state index in [1.807, 2.05) is 13.8 Å². The first-order chi connectivity index (χ1) is 6.06. The minimum Gasteiger partial charge on any atom is -0.480 e. The van der Waals surface area contributed by atoms with Gasteiger partial charge in [0.1, 0.15) is 6.54 Å². The predicted molar refractivity (Wildman–Crippen MR) is 48.5 cm³/mol. The van der Waals surface area contributed by atoms with Crippen LogP contribution >= 0.6 is 0 Å². The molecule has 0 saturated heterocycles. The number of amides is 2. The van der Waals surface area contributed by atoms with Gasteiger partial charge in [0.15, 0.2) is 0 Å². The lowest BCUT2D eigenvalue weighted by atomic mass is 10.1. The maximum atomic E-state index is 10.9. The van der Waals surface area contributed by atoms with Crippen molar-refractivity contribution in [3.05, 3.63) is 0 Å². The van der Waals surface area contributed by atoms with E-state index in [9.17, 15) is 9.59 Å². The molecule has 0 spiro atoms. The fourth-order valence-electron chi connectivity index (χ4n) is 0.630. The minimum absolute atomic E-state index is 0.341. The lowest BCUT2D eigenvalue weighted by Gasteiger charge is -2.09. The van der Waals surface area contributed by atoms with Crippen LogP contribution in [0.5, 0.6) is 0 Å². The second kappa shape index (κ2) is 6.28. The summed E-state index contributed by atoms with van der Waals surface area (Å²) in [5.74, 6) is -0.630. The Bertz CT molecular complexity index is 182. The number of carbonyl (C=O) groups excluding carboxylic acids is 1. The van der Waals surface area contributed by atoms with Crippen molar-refractivity contribution in [2.45, 2.75) is 20.3 Å². The lowest BCUT2D eigenvalue weighted by Crippen LogP contribution is -2.40. The second-order valence-corrected chi connectivity index (χ2v) is 2.97. The summed E-state index contributed by atoms with van der Waals surface area (Å²) < 4.78 is 0. The first kappa shape index (κ1) is 11.7. The molecule has 76 valence electrons. The van der Waals surface area contributed by atoms with Crippen LogP contribution in [0.1, 0.15) is 20.3 Å². The van der Waals surface area contributed by atoms with E-state index in [1.54, 1.807) is 0 Å². The minimum atomic E-state index is -1.04. The van der Waals surface area contributed by atoms with E-state index < -0.39 is 12.0 Å². The molecule has 0 rings (SSSR count). The molecule has 0 aliphatic rings. The molecule has 0 saturated carbocycles. The first-order valence-corrected chi connectivity index (χ1v) is 4.29. The summed E-state index contributed by atoms with van der Waals surface area (Å²) in [7, 11) is 0. The van der Waals surface area contributed by atoms with Crippen LogP contribution in [0.15, 0.2) is 0 Å². The molecule has 0 fully saturated rings. The van der Waals surface area contributed by atoms with Gasteiger partial charge >= 0.3 is 12.0 Å². The monoisotopic (exact) mass is 188 g/mol. The van der Waals surface area contributed by atoms with Crippen molar-refractivity contribution in [3.63, 3.8) is 0 Å². The molecule has 0 aliphatic heterocycles. The highest BCUT2D eigenvalue weighted by atomic mass is 16.4. The van der Waals surface area contributed by atoms with Gasteiger partial charge < -0.3 is 15.7 Å². The van der Waals surface area contributed by atoms with Gasteiger partial charge in [-0.2, -0.15) is 0 Å². The molecule has 13 heavy (non-hydrogen) atoms. The highest BCUT2D eigenvalue weighted by Gasteiger charge is 2.04. The Labute approximate surface area is 77.5 Å². The highest BCUT2D eigenvalue weighted by Crippen LogP contribution is 1.96. The zero-order chi connectivity index (χ0) is 10.3. The number of nitrogens with one attached hydrogen (secondary N) is 2. The molecule has 0 aromatic heterocycles. The lowest BCUT2D eigenvalue weighted by molar-refractivity contribution is -0.135. The number of urea groups is 1. The van der Waals surface area contributed by atoms with E-state index in [1.165, 1.54) is 0 Å². The number of rotatable bonds is 5. The third kappa shape index (κ3) is 7.11. The fraction of sp³-hybridized carbons (Fsp3) is 0.750. The third-order valence-corrected chi connectivity index (χ3v) is 1.71. The van der Waals surface area contributed by atoms with Crippen LogP contribution in [0.3, 0.4) is 0 Å². The SMILES string of the molecule is CCC(C)CNC(=O)NCC(=O)O. The van der Waals surface area contributed by atoms with Gasteiger partial charge in [-0.25, -0.2) is 4.79 Å². The molecule has 0 bridgehead atoms. The summed E-state index contributed by atoms with van der Waals surface area (Å²) in [6, 6.07) is -0.428. The van der Waals surface area contributed by atoms with E-state index in [4.69, 9.17) is 5.11 Å². The van der Waals surface area contributed by atoms with Crippen LogP contribution in [0.4, 0.5) is 4.79 Å². The second-order valence-electron chi connectivity index (χ2n) is 2.97. The Balaban J connectivity index is 3.46. The molecule has 2 amide bonds. The quantitative estimate of drug-likeness (QED) is 0.585. The summed E-state index contributed by atoms with van der Waals surface area (Å²) in [5.41, 5.74) is 0. The molecule has 1 unspecified atom stereocenters. The van der Waals surface area contributed by atoms with Gasteiger partial charge in [0.05, 0.1) is 0 Å². The number of aliphatic carboxylic acids is 1. The number of carboxylic acid groups (broad SMARTS) is 1. The van der Waals surface area contributed by atoms with Crippen molar-refractivity contribution < 1.29 is 14.7 Å². The van der Waals surface area contributed by atoms with Crippen LogP contribution in [0, 0.1) is 5.92 Å². The molecule has 5 heteroatoms. The van der Waals surface area contributed by atoms with Gasteiger partial charge in [0.25, 0.3) is 0 Å². The van der Waals surface area contributed by atoms with E-state index in [-0.39, 0.29) is 6.54 Å². The normalized spacial score (nSPS) is 11.8. The Morgan fingerprint density at radius 1 is 1.38 bits per heavy atom. The molecule has 1 atom stereocenters. The summed E-state index contributed by atoms with van der Waals surface area (Å²) in [5, 5.41) is 13.0. The van der Waals surface area contributed by atoms with E-state index in [0.29, 0.717) is 12.5 Å². The van der Waals surface area contributed by atoms with Crippen molar-refractivity contribution in [2.24, 2.45) is 5.92 Å². The van der Waals surface area contributed by atoms with E-state index in [0.717, 1.165) is 6.42 Å². The number of carbonyl (C=O) groups is 2. The number of carboxylic acids is 1. The van der Waals surface area contributed by atoms with Crippen molar-refractivity contribution in [3.8, 4) is 0 Å². The largest absolute Gasteiger partial charge is 0.480 e. The molecule has 0 aromatic carbocycles. The Morgan fingerprint density at radius 2 is 2.00 bits per heavy atom. The molecule has 0 aromatic rings. The smallest absolute Gasteiger partial charge is 0.323 e. The van der Waals surface area contributed by atoms with Gasteiger partial charge in [-0.3, -0.25) is 4.79 Å². The van der Waals surface area contributed by atoms with Crippen molar-refractivity contribution in [2.75, 3.05) is 13.1 Å². The van der Waals surface area contributed by atoms with Crippen molar-refractivity contribution >= 4 is 12.0 Å². The molecule has 0 aliphatic carbocycles. The van der Waals surface area contributed by atoms with Gasteiger partial charge in [0.2, 0.25) is 0 Å². The Morgan fingerprint density at radius 3 is 2.46 bits per heavy atom. The summed E-state index contributed by atoms with van der Waals surface area (Å²) in [6.45, 7) is 4.27. The molecule has 5 nitrogen and oxygen atoms in total. The van der Waals surface area contributed by atoms with Crippen LogP contribution in [0.2, 0.25) is 0 Å². The van der Waals surface area contributed by atoms with Crippen LogP contribution in [-0.4, -0.2) is 30.2 Å². The maximum absolute atomic E-state index is 10.9. The average molecular weight is 188 g/mol. The zero-order valence-corrected chi connectivity index (χ0v) is 7.96. The van der Waals surface area contributed by atoms with Crippen LogP contribution in [0.25, 0.3) is 0 Å². The van der Waals surface area contributed by atoms with Crippen LogP contribution < -0.4 is 10.6 Å². The zero-order valence-electron chi connectivity index (χ0n) is 7.96. The average Bonchev–Trinajstić information content (AvgIpc) is 2.10. The van der Waals surface area contributed by atoms with Crippen molar-refractivity contribution in [1.29, 1.82) is 0 Å². The van der Waals surface area contributed by atoms with Gasteiger partial charge in [-0.15, -0.1) is 0 Å². The Hall–Kier alpha value is -1.26. The standard InChI is InChI=1S/C8H16N2O3/c1-3-6(2)4-9-8(13)10-5-7(11)12/h6H,3-5H2,1-2H3,(H,11,12)(H2,9,10,13). The molecular weight excluding hydrogens is 172 g/mol. The third-order valence-electron chi connectivity index (χ3n) is 1.71. The number of hydrogen-bond donors (Lipinski definition) is 3. The molecular formula is C8H16N2O3. The summed E-state index contributed by atoms with van der Waals surface area (Å²) in [4.78, 5) is 20.9. The maximum Gasteiger partial charge on any atom is 0.323 e.